The molecule has 0 bridgehead atoms. The van der Waals surface area contributed by atoms with Crippen LogP contribution in [0, 0.1) is 0 Å². The van der Waals surface area contributed by atoms with Crippen molar-refractivity contribution in [2.24, 2.45) is 0 Å². The lowest BCUT2D eigenvalue weighted by Crippen LogP contribution is -2.60. The van der Waals surface area contributed by atoms with Gasteiger partial charge in [0.25, 0.3) is 0 Å². The summed E-state index contributed by atoms with van der Waals surface area (Å²) in [6.07, 6.45) is 2.74. The van der Waals surface area contributed by atoms with Crippen LogP contribution in [0.1, 0.15) is 26.7 Å². The van der Waals surface area contributed by atoms with Gasteiger partial charge in [-0.1, -0.05) is 6.92 Å². The maximum absolute atomic E-state index is 12.0. The first-order valence-corrected chi connectivity index (χ1v) is 7.39. The number of rotatable bonds is 6. The van der Waals surface area contributed by atoms with Crippen LogP contribution in [0.3, 0.4) is 0 Å². The van der Waals surface area contributed by atoms with E-state index in [-0.39, 0.29) is 5.97 Å². The number of hydrogen-bond acceptors (Lipinski definition) is 5. The molecule has 2 rings (SSSR count). The van der Waals surface area contributed by atoms with Crippen LogP contribution in [0.4, 0.5) is 0 Å². The molecule has 1 saturated heterocycles. The highest BCUT2D eigenvalue weighted by molar-refractivity contribution is 5.80. The molecule has 2 aliphatic rings. The lowest BCUT2D eigenvalue weighted by atomic mass is 10.0. The molecule has 5 nitrogen and oxygen atoms in total. The zero-order valence-corrected chi connectivity index (χ0v) is 12.4. The Balaban J connectivity index is 1.85. The van der Waals surface area contributed by atoms with Gasteiger partial charge in [0.2, 0.25) is 0 Å². The molecule has 0 amide bonds. The molecule has 0 aromatic heterocycles. The first-order valence-electron chi connectivity index (χ1n) is 7.39. The zero-order chi connectivity index (χ0) is 13.9. The van der Waals surface area contributed by atoms with Gasteiger partial charge in [-0.2, -0.15) is 0 Å². The van der Waals surface area contributed by atoms with Crippen molar-refractivity contribution in [1.29, 1.82) is 0 Å². The SMILES string of the molecule is CCNC(C)(CN1CCN(C2CC2)CC1)C(=O)OC. The second-order valence-electron chi connectivity index (χ2n) is 5.90. The van der Waals surface area contributed by atoms with Gasteiger partial charge in [0.1, 0.15) is 5.54 Å². The van der Waals surface area contributed by atoms with Crippen molar-refractivity contribution in [2.75, 3.05) is 46.4 Å². The van der Waals surface area contributed by atoms with Gasteiger partial charge >= 0.3 is 5.97 Å². The monoisotopic (exact) mass is 269 g/mol. The quantitative estimate of drug-likeness (QED) is 0.703. The van der Waals surface area contributed by atoms with Crippen LogP contribution in [0.5, 0.6) is 0 Å². The second-order valence-corrected chi connectivity index (χ2v) is 5.90. The average Bonchev–Trinajstić information content (AvgIpc) is 3.23. The van der Waals surface area contributed by atoms with E-state index >= 15 is 0 Å². The van der Waals surface area contributed by atoms with Crippen molar-refractivity contribution in [2.45, 2.75) is 38.3 Å². The normalized spacial score (nSPS) is 25.0. The first-order chi connectivity index (χ1) is 9.09. The molecule has 0 aromatic rings. The highest BCUT2D eigenvalue weighted by Gasteiger charge is 2.37. The second kappa shape index (κ2) is 6.20. The number of nitrogens with one attached hydrogen (secondary N) is 1. The van der Waals surface area contributed by atoms with E-state index in [1.54, 1.807) is 0 Å². The zero-order valence-electron chi connectivity index (χ0n) is 12.4. The van der Waals surface area contributed by atoms with Crippen LogP contribution in [-0.2, 0) is 9.53 Å². The average molecular weight is 269 g/mol. The van der Waals surface area contributed by atoms with Crippen molar-refractivity contribution in [1.82, 2.24) is 15.1 Å². The molecule has 110 valence electrons. The number of carbonyl (C=O) groups excluding carboxylic acids is 1. The summed E-state index contributed by atoms with van der Waals surface area (Å²) in [5.74, 6) is -0.168. The summed E-state index contributed by atoms with van der Waals surface area (Å²) in [4.78, 5) is 16.9. The summed E-state index contributed by atoms with van der Waals surface area (Å²) < 4.78 is 4.94. The van der Waals surface area contributed by atoms with Crippen LogP contribution < -0.4 is 5.32 Å². The van der Waals surface area contributed by atoms with Crippen LogP contribution >= 0.6 is 0 Å². The smallest absolute Gasteiger partial charge is 0.327 e. The Labute approximate surface area is 116 Å². The van der Waals surface area contributed by atoms with Crippen molar-refractivity contribution in [3.05, 3.63) is 0 Å². The summed E-state index contributed by atoms with van der Waals surface area (Å²) in [7, 11) is 1.46. The number of piperazine rings is 1. The maximum Gasteiger partial charge on any atom is 0.327 e. The summed E-state index contributed by atoms with van der Waals surface area (Å²) in [6.45, 7) is 9.83. The molecule has 1 aliphatic carbocycles. The van der Waals surface area contributed by atoms with Crippen molar-refractivity contribution in [3.63, 3.8) is 0 Å². The number of likely N-dealkylation sites (N-methyl/N-ethyl adjacent to an activating group) is 1. The first kappa shape index (κ1) is 14.8. The van der Waals surface area contributed by atoms with Gasteiger partial charge in [0.05, 0.1) is 7.11 Å². The summed E-state index contributed by atoms with van der Waals surface area (Å²) in [6, 6.07) is 0.850. The third-order valence-electron chi connectivity index (χ3n) is 4.21. The third kappa shape index (κ3) is 3.68. The molecule has 19 heavy (non-hydrogen) atoms. The summed E-state index contributed by atoms with van der Waals surface area (Å²) in [5, 5.41) is 3.27. The van der Waals surface area contributed by atoms with Crippen molar-refractivity contribution in [3.8, 4) is 0 Å². The Bertz CT molecular complexity index is 312. The molecule has 1 heterocycles. The fraction of sp³-hybridized carbons (Fsp3) is 0.929. The molecule has 1 atom stereocenters. The van der Waals surface area contributed by atoms with E-state index < -0.39 is 5.54 Å². The minimum Gasteiger partial charge on any atom is -0.468 e. The fourth-order valence-electron chi connectivity index (χ4n) is 2.98. The molecule has 0 spiro atoms. The molecule has 5 heteroatoms. The van der Waals surface area contributed by atoms with Gasteiger partial charge in [-0.05, 0) is 26.3 Å². The molecule has 1 N–H and O–H groups in total. The molecular weight excluding hydrogens is 242 g/mol. The van der Waals surface area contributed by atoms with Crippen LogP contribution in [0.15, 0.2) is 0 Å². The molecular formula is C14H27N3O2. The maximum atomic E-state index is 12.0. The van der Waals surface area contributed by atoms with Crippen LogP contribution in [-0.4, -0.2) is 73.7 Å². The van der Waals surface area contributed by atoms with E-state index in [1.807, 2.05) is 13.8 Å². The van der Waals surface area contributed by atoms with Gasteiger partial charge in [0, 0.05) is 38.8 Å². The predicted octanol–water partition coefficient (Wildman–Crippen LogP) is 0.308. The van der Waals surface area contributed by atoms with E-state index in [4.69, 9.17) is 4.74 Å². The van der Waals surface area contributed by atoms with Gasteiger partial charge < -0.3 is 10.1 Å². The lowest BCUT2D eigenvalue weighted by Gasteiger charge is -2.39. The van der Waals surface area contributed by atoms with Crippen LogP contribution in [0.2, 0.25) is 0 Å². The number of hydrogen-bond donors (Lipinski definition) is 1. The Hall–Kier alpha value is -0.650. The number of carbonyl (C=O) groups is 1. The van der Waals surface area contributed by atoms with E-state index in [0.717, 1.165) is 45.3 Å². The standard InChI is InChI=1S/C14H27N3O2/c1-4-15-14(2,13(18)19-3)11-16-7-9-17(10-8-16)12-5-6-12/h12,15H,4-11H2,1-3H3. The van der Waals surface area contributed by atoms with Gasteiger partial charge in [0.15, 0.2) is 0 Å². The highest BCUT2D eigenvalue weighted by atomic mass is 16.5. The molecule has 1 unspecified atom stereocenters. The Morgan fingerprint density at radius 1 is 1.32 bits per heavy atom. The van der Waals surface area contributed by atoms with Gasteiger partial charge in [-0.3, -0.25) is 14.6 Å². The fourth-order valence-corrected chi connectivity index (χ4v) is 2.98. The lowest BCUT2D eigenvalue weighted by molar-refractivity contribution is -0.149. The van der Waals surface area contributed by atoms with E-state index in [0.29, 0.717) is 0 Å². The Morgan fingerprint density at radius 2 is 1.95 bits per heavy atom. The molecule has 2 fully saturated rings. The number of methoxy groups -OCH3 is 1. The van der Waals surface area contributed by atoms with Crippen molar-refractivity contribution >= 4 is 5.97 Å². The van der Waals surface area contributed by atoms with Crippen LogP contribution in [0.25, 0.3) is 0 Å². The molecule has 1 saturated carbocycles. The largest absolute Gasteiger partial charge is 0.468 e. The van der Waals surface area contributed by atoms with Gasteiger partial charge in [-0.25, -0.2) is 0 Å². The molecule has 1 aliphatic heterocycles. The number of ether oxygens (including phenoxy) is 1. The number of esters is 1. The minimum atomic E-state index is -0.592. The molecule has 0 radical (unpaired) electrons. The summed E-state index contributed by atoms with van der Waals surface area (Å²) in [5.41, 5.74) is -0.592. The Morgan fingerprint density at radius 3 is 2.42 bits per heavy atom. The predicted molar refractivity (Wildman–Crippen MR) is 75.1 cm³/mol. The van der Waals surface area contributed by atoms with Crippen molar-refractivity contribution < 1.29 is 9.53 Å². The Kier molecular flexibility index (Phi) is 4.81. The van der Waals surface area contributed by atoms with E-state index in [2.05, 4.69) is 15.1 Å². The molecule has 0 aromatic carbocycles. The highest BCUT2D eigenvalue weighted by Crippen LogP contribution is 2.27. The topological polar surface area (TPSA) is 44.8 Å². The van der Waals surface area contributed by atoms with E-state index in [9.17, 15) is 4.79 Å². The summed E-state index contributed by atoms with van der Waals surface area (Å²) >= 11 is 0. The number of nitrogens with zero attached hydrogens (tertiary/aromatic N) is 2. The minimum absolute atomic E-state index is 0.168. The van der Waals surface area contributed by atoms with Gasteiger partial charge in [-0.15, -0.1) is 0 Å². The third-order valence-corrected chi connectivity index (χ3v) is 4.21. The van der Waals surface area contributed by atoms with E-state index in [1.165, 1.54) is 20.0 Å².